The molecule has 0 spiro atoms. The Bertz CT molecular complexity index is 1120. The molecule has 0 bridgehead atoms. The number of amides is 1. The van der Waals surface area contributed by atoms with E-state index in [4.69, 9.17) is 0 Å². The van der Waals surface area contributed by atoms with E-state index < -0.39 is 10.8 Å². The average Bonchev–Trinajstić information content (AvgIpc) is 3.32. The van der Waals surface area contributed by atoms with Gasteiger partial charge in [-0.2, -0.15) is 5.10 Å². The molecular formula is C16H11N7O3. The van der Waals surface area contributed by atoms with E-state index in [-0.39, 0.29) is 16.9 Å². The lowest BCUT2D eigenvalue weighted by Gasteiger charge is -2.08. The van der Waals surface area contributed by atoms with E-state index >= 15 is 0 Å². The maximum absolute atomic E-state index is 12.5. The highest BCUT2D eigenvalue weighted by atomic mass is 16.6. The van der Waals surface area contributed by atoms with Crippen LogP contribution in [0.3, 0.4) is 0 Å². The zero-order valence-corrected chi connectivity index (χ0v) is 13.2. The normalized spacial score (nSPS) is 10.8. The summed E-state index contributed by atoms with van der Waals surface area (Å²) in [6.45, 7) is 0. The van der Waals surface area contributed by atoms with Crippen LogP contribution in [0.15, 0.2) is 61.4 Å². The highest BCUT2D eigenvalue weighted by Crippen LogP contribution is 2.23. The number of hydrogen-bond donors (Lipinski definition) is 1. The van der Waals surface area contributed by atoms with Gasteiger partial charge in [-0.3, -0.25) is 20.3 Å². The molecule has 0 saturated heterocycles. The van der Waals surface area contributed by atoms with Crippen LogP contribution in [0, 0.1) is 10.1 Å². The molecule has 0 atom stereocenters. The maximum Gasteiger partial charge on any atom is 0.295 e. The SMILES string of the molecule is O=C(Nn1cnc2ccccc21)c1ccc(-n2cncn2)c([N+](=O)[O-])c1. The number of nitrogens with zero attached hydrogens (tertiary/aromatic N) is 6. The molecule has 10 nitrogen and oxygen atoms in total. The van der Waals surface area contributed by atoms with Crippen LogP contribution in [0.4, 0.5) is 5.69 Å². The number of hydrogen-bond acceptors (Lipinski definition) is 6. The lowest BCUT2D eigenvalue weighted by molar-refractivity contribution is -0.384. The minimum absolute atomic E-state index is 0.137. The summed E-state index contributed by atoms with van der Waals surface area (Å²) in [7, 11) is 0. The highest BCUT2D eigenvalue weighted by Gasteiger charge is 2.19. The molecule has 128 valence electrons. The van der Waals surface area contributed by atoms with Crippen molar-refractivity contribution in [1.29, 1.82) is 0 Å². The van der Waals surface area contributed by atoms with Crippen molar-refractivity contribution in [1.82, 2.24) is 24.4 Å². The Balaban J connectivity index is 1.68. The van der Waals surface area contributed by atoms with Crippen molar-refractivity contribution in [3.05, 3.63) is 77.1 Å². The molecule has 0 unspecified atom stereocenters. The van der Waals surface area contributed by atoms with Crippen molar-refractivity contribution >= 4 is 22.6 Å². The second-order valence-corrected chi connectivity index (χ2v) is 5.34. The Labute approximate surface area is 145 Å². The van der Waals surface area contributed by atoms with Gasteiger partial charge < -0.3 is 0 Å². The fraction of sp³-hybridized carbons (Fsp3) is 0. The number of nitro groups is 1. The predicted molar refractivity (Wildman–Crippen MR) is 91.4 cm³/mol. The Morgan fingerprint density at radius 1 is 1.15 bits per heavy atom. The average molecular weight is 349 g/mol. The van der Waals surface area contributed by atoms with Crippen LogP contribution >= 0.6 is 0 Å². The van der Waals surface area contributed by atoms with Crippen LogP contribution in [0.1, 0.15) is 10.4 Å². The van der Waals surface area contributed by atoms with Crippen LogP contribution < -0.4 is 5.43 Å². The Kier molecular flexibility index (Phi) is 3.62. The topological polar surface area (TPSA) is 121 Å². The van der Waals surface area contributed by atoms with Gasteiger partial charge in [0.1, 0.15) is 24.7 Å². The molecule has 26 heavy (non-hydrogen) atoms. The van der Waals surface area contributed by atoms with E-state index in [0.29, 0.717) is 0 Å². The molecule has 2 aromatic heterocycles. The van der Waals surface area contributed by atoms with Crippen LogP contribution in [-0.4, -0.2) is 35.3 Å². The molecule has 1 N–H and O–H groups in total. The first kappa shape index (κ1) is 15.4. The monoisotopic (exact) mass is 349 g/mol. The first-order valence-electron chi connectivity index (χ1n) is 7.50. The predicted octanol–water partition coefficient (Wildman–Crippen LogP) is 1.91. The second-order valence-electron chi connectivity index (χ2n) is 5.34. The van der Waals surface area contributed by atoms with Crippen LogP contribution in [0.5, 0.6) is 0 Å². The Morgan fingerprint density at radius 3 is 2.77 bits per heavy atom. The standard InChI is InChI=1S/C16H11N7O3/c24-16(20-22-10-18-12-3-1-2-4-13(12)22)11-5-6-14(15(7-11)23(25)26)21-9-17-8-19-21/h1-10H,(H,20,24). The molecule has 0 fully saturated rings. The van der Waals surface area contributed by atoms with Gasteiger partial charge in [0.2, 0.25) is 0 Å². The van der Waals surface area contributed by atoms with Gasteiger partial charge in [-0.1, -0.05) is 12.1 Å². The quantitative estimate of drug-likeness (QED) is 0.444. The smallest absolute Gasteiger partial charge is 0.267 e. The van der Waals surface area contributed by atoms with Crippen LogP contribution in [-0.2, 0) is 0 Å². The van der Waals surface area contributed by atoms with Crippen molar-refractivity contribution in [2.45, 2.75) is 0 Å². The van der Waals surface area contributed by atoms with E-state index in [1.807, 2.05) is 18.2 Å². The van der Waals surface area contributed by atoms with Crippen molar-refractivity contribution in [3.63, 3.8) is 0 Å². The summed E-state index contributed by atoms with van der Waals surface area (Å²) in [5.41, 5.74) is 4.20. The highest BCUT2D eigenvalue weighted by molar-refractivity contribution is 6.01. The molecule has 2 heterocycles. The summed E-state index contributed by atoms with van der Waals surface area (Å²) in [5.74, 6) is -0.499. The van der Waals surface area contributed by atoms with Gasteiger partial charge in [0.15, 0.2) is 0 Å². The van der Waals surface area contributed by atoms with E-state index in [2.05, 4.69) is 20.5 Å². The van der Waals surface area contributed by atoms with Gasteiger partial charge in [-0.05, 0) is 24.3 Å². The number of imidazole rings is 1. The summed E-state index contributed by atoms with van der Waals surface area (Å²) < 4.78 is 2.73. The molecular weight excluding hydrogens is 338 g/mol. The molecule has 10 heteroatoms. The molecule has 0 radical (unpaired) electrons. The minimum atomic E-state index is -0.569. The third-order valence-corrected chi connectivity index (χ3v) is 3.78. The number of carbonyl (C=O) groups excluding carboxylic acids is 1. The lowest BCUT2D eigenvalue weighted by atomic mass is 10.1. The van der Waals surface area contributed by atoms with Gasteiger partial charge in [0, 0.05) is 11.6 Å². The van der Waals surface area contributed by atoms with Gasteiger partial charge in [-0.25, -0.2) is 19.3 Å². The molecule has 0 aliphatic rings. The number of nitro benzene ring substituents is 1. The summed E-state index contributed by atoms with van der Waals surface area (Å²) in [5, 5.41) is 15.3. The third kappa shape index (κ3) is 2.65. The molecule has 0 saturated carbocycles. The molecule has 4 aromatic rings. The molecule has 2 aromatic carbocycles. The van der Waals surface area contributed by atoms with Crippen molar-refractivity contribution in [2.24, 2.45) is 0 Å². The number of rotatable bonds is 4. The van der Waals surface area contributed by atoms with Crippen LogP contribution in [0.2, 0.25) is 0 Å². The number of nitrogens with one attached hydrogen (secondary N) is 1. The third-order valence-electron chi connectivity index (χ3n) is 3.78. The van der Waals surface area contributed by atoms with E-state index in [1.165, 1.54) is 46.5 Å². The first-order chi connectivity index (χ1) is 12.6. The number of carbonyl (C=O) groups is 1. The van der Waals surface area contributed by atoms with E-state index in [0.717, 1.165) is 11.0 Å². The first-order valence-corrected chi connectivity index (χ1v) is 7.50. The molecule has 0 aliphatic heterocycles. The van der Waals surface area contributed by atoms with Gasteiger partial charge in [0.25, 0.3) is 11.6 Å². The fourth-order valence-corrected chi connectivity index (χ4v) is 2.56. The zero-order chi connectivity index (χ0) is 18.1. The van der Waals surface area contributed by atoms with E-state index in [9.17, 15) is 14.9 Å². The summed E-state index contributed by atoms with van der Waals surface area (Å²) in [4.78, 5) is 31.3. The maximum atomic E-state index is 12.5. The van der Waals surface area contributed by atoms with Crippen molar-refractivity contribution < 1.29 is 9.72 Å². The summed E-state index contributed by atoms with van der Waals surface area (Å²) >= 11 is 0. The van der Waals surface area contributed by atoms with Gasteiger partial charge >= 0.3 is 0 Å². The number of fused-ring (bicyclic) bond motifs is 1. The second kappa shape index (κ2) is 6.09. The largest absolute Gasteiger partial charge is 0.295 e. The zero-order valence-electron chi connectivity index (χ0n) is 13.2. The Hall–Kier alpha value is -4.08. The van der Waals surface area contributed by atoms with Gasteiger partial charge in [0.05, 0.1) is 16.0 Å². The van der Waals surface area contributed by atoms with Crippen molar-refractivity contribution in [2.75, 3.05) is 5.43 Å². The number of aromatic nitrogens is 5. The fourth-order valence-electron chi connectivity index (χ4n) is 2.56. The molecule has 0 aliphatic carbocycles. The van der Waals surface area contributed by atoms with E-state index in [1.54, 1.807) is 6.07 Å². The Morgan fingerprint density at radius 2 is 2.00 bits per heavy atom. The lowest BCUT2D eigenvalue weighted by Crippen LogP contribution is -2.22. The van der Waals surface area contributed by atoms with Crippen molar-refractivity contribution in [3.8, 4) is 5.69 Å². The minimum Gasteiger partial charge on any atom is -0.267 e. The van der Waals surface area contributed by atoms with Crippen LogP contribution in [0.25, 0.3) is 16.7 Å². The molecule has 4 rings (SSSR count). The van der Waals surface area contributed by atoms with Gasteiger partial charge in [-0.15, -0.1) is 0 Å². The number of benzene rings is 2. The molecule has 1 amide bonds. The summed E-state index contributed by atoms with van der Waals surface area (Å²) in [6, 6.07) is 11.4. The summed E-state index contributed by atoms with van der Waals surface area (Å²) in [6.07, 6.45) is 4.09. The number of para-hydroxylation sites is 2.